The zero-order chi connectivity index (χ0) is 27.2. The van der Waals surface area contributed by atoms with Crippen LogP contribution >= 0.6 is 11.6 Å². The monoisotopic (exact) mass is 548 g/mol. The number of fused-ring (bicyclic) bond motifs is 1. The molecule has 8 heteroatoms. The molecule has 0 atom stereocenters. The van der Waals surface area contributed by atoms with Gasteiger partial charge in [-0.15, -0.1) is 0 Å². The molecule has 0 saturated carbocycles. The number of hydrogen-bond donors (Lipinski definition) is 1. The van der Waals surface area contributed by atoms with Gasteiger partial charge in [0.05, 0.1) is 22.4 Å². The molecule has 2 aliphatic rings. The third-order valence-corrected chi connectivity index (χ3v) is 8.32. The van der Waals surface area contributed by atoms with Crippen molar-refractivity contribution in [3.05, 3.63) is 58.7 Å². The molecule has 39 heavy (non-hydrogen) atoms. The average molecular weight is 549 g/mol. The smallest absolute Gasteiger partial charge is 0.303 e. The Labute approximate surface area is 235 Å². The van der Waals surface area contributed by atoms with Crippen molar-refractivity contribution in [2.45, 2.75) is 70.3 Å². The Morgan fingerprint density at radius 2 is 1.59 bits per heavy atom. The lowest BCUT2D eigenvalue weighted by atomic mass is 10.0. The molecule has 0 spiro atoms. The Morgan fingerprint density at radius 1 is 0.872 bits per heavy atom. The summed E-state index contributed by atoms with van der Waals surface area (Å²) in [6, 6.07) is 13.7. The lowest BCUT2D eigenvalue weighted by Gasteiger charge is -2.38. The van der Waals surface area contributed by atoms with Gasteiger partial charge in [0.1, 0.15) is 0 Å². The minimum Gasteiger partial charge on any atom is -0.481 e. The molecule has 2 fully saturated rings. The van der Waals surface area contributed by atoms with Crippen LogP contribution in [0.15, 0.2) is 42.5 Å². The molecule has 7 nitrogen and oxygen atoms in total. The molecule has 1 N–H and O–H groups in total. The van der Waals surface area contributed by atoms with Gasteiger partial charge in [-0.1, -0.05) is 36.6 Å². The van der Waals surface area contributed by atoms with E-state index < -0.39 is 5.97 Å². The fourth-order valence-corrected chi connectivity index (χ4v) is 6.01. The van der Waals surface area contributed by atoms with Gasteiger partial charge in [0.25, 0.3) is 5.91 Å². The first kappa shape index (κ1) is 27.5. The number of aromatic nitrogens is 2. The number of carbonyl (C=O) groups is 2. The summed E-state index contributed by atoms with van der Waals surface area (Å²) in [6.07, 6.45) is 9.32. The van der Waals surface area contributed by atoms with E-state index in [0.29, 0.717) is 41.4 Å². The first-order valence-electron chi connectivity index (χ1n) is 14.3. The van der Waals surface area contributed by atoms with E-state index in [1.54, 1.807) is 0 Å². The fraction of sp³-hybridized carbons (Fsp3) is 0.484. The Hall–Kier alpha value is -3.03. The maximum absolute atomic E-state index is 13.5. The molecule has 2 saturated heterocycles. The molecule has 2 aliphatic heterocycles. The minimum atomic E-state index is -0.795. The number of piperidine rings is 1. The summed E-state index contributed by atoms with van der Waals surface area (Å²) in [6.45, 7) is 3.96. The Kier molecular flexibility index (Phi) is 9.09. The number of aliphatic carboxylic acids is 1. The van der Waals surface area contributed by atoms with Gasteiger partial charge in [0, 0.05) is 41.7 Å². The van der Waals surface area contributed by atoms with Gasteiger partial charge in [0.2, 0.25) is 0 Å². The van der Waals surface area contributed by atoms with Crippen molar-refractivity contribution in [3.63, 3.8) is 0 Å². The first-order valence-corrected chi connectivity index (χ1v) is 14.7. The SMILES string of the molecule is O=C(O)CCCCc1nc2cc(C(=O)N3CCC(N4CCCCCC4)CC3)ccc2nc1-c1ccc(Cl)cc1. The second kappa shape index (κ2) is 12.9. The normalized spacial score (nSPS) is 17.3. The van der Waals surface area contributed by atoms with E-state index in [1.807, 2.05) is 47.4 Å². The van der Waals surface area contributed by atoms with Crippen molar-refractivity contribution >= 4 is 34.5 Å². The standard InChI is InChI=1S/C31H37ClN4O3/c32-24-12-9-22(10-13-24)30-27(7-3-4-8-29(37)38)33-28-21-23(11-14-26(28)34-30)31(39)36-19-15-25(16-20-36)35-17-5-1-2-6-18-35/h9-14,21,25H,1-8,15-20H2,(H,37,38). The van der Waals surface area contributed by atoms with Crippen LogP contribution in [0.5, 0.6) is 0 Å². The van der Waals surface area contributed by atoms with Crippen LogP contribution in [-0.2, 0) is 11.2 Å². The summed E-state index contributed by atoms with van der Waals surface area (Å²) in [4.78, 5) is 38.9. The summed E-state index contributed by atoms with van der Waals surface area (Å²) < 4.78 is 0. The van der Waals surface area contributed by atoms with Crippen molar-refractivity contribution in [2.75, 3.05) is 26.2 Å². The highest BCUT2D eigenvalue weighted by Gasteiger charge is 2.28. The summed E-state index contributed by atoms with van der Waals surface area (Å²) >= 11 is 6.10. The van der Waals surface area contributed by atoms with Crippen molar-refractivity contribution in [1.82, 2.24) is 19.8 Å². The Balaban J connectivity index is 1.33. The number of benzene rings is 2. The first-order chi connectivity index (χ1) is 19.0. The summed E-state index contributed by atoms with van der Waals surface area (Å²) in [5.74, 6) is -0.742. The number of nitrogens with zero attached hydrogens (tertiary/aromatic N) is 4. The molecule has 0 unspecified atom stereocenters. The van der Waals surface area contributed by atoms with E-state index in [9.17, 15) is 9.59 Å². The van der Waals surface area contributed by atoms with Crippen LogP contribution in [0.3, 0.4) is 0 Å². The molecule has 1 amide bonds. The molecule has 0 aliphatic carbocycles. The van der Waals surface area contributed by atoms with Gasteiger partial charge >= 0.3 is 5.97 Å². The summed E-state index contributed by atoms with van der Waals surface area (Å²) in [5.41, 5.74) is 4.54. The quantitative estimate of drug-likeness (QED) is 0.336. The van der Waals surface area contributed by atoms with Crippen LogP contribution in [0.25, 0.3) is 22.3 Å². The Bertz CT molecular complexity index is 1300. The molecule has 3 heterocycles. The number of carboxylic acids is 1. The maximum atomic E-state index is 13.5. The Morgan fingerprint density at radius 3 is 2.28 bits per heavy atom. The average Bonchev–Trinajstić information content (AvgIpc) is 3.24. The number of carbonyl (C=O) groups excluding carboxylic acids is 1. The van der Waals surface area contributed by atoms with Crippen molar-refractivity contribution in [3.8, 4) is 11.3 Å². The van der Waals surface area contributed by atoms with Gasteiger partial charge in [0.15, 0.2) is 0 Å². The molecular weight excluding hydrogens is 512 g/mol. The fourth-order valence-electron chi connectivity index (χ4n) is 5.88. The van der Waals surface area contributed by atoms with E-state index in [1.165, 1.54) is 38.8 Å². The minimum absolute atomic E-state index is 0.0535. The molecule has 0 radical (unpaired) electrons. The van der Waals surface area contributed by atoms with E-state index in [2.05, 4.69) is 4.90 Å². The lowest BCUT2D eigenvalue weighted by molar-refractivity contribution is -0.137. The highest BCUT2D eigenvalue weighted by Crippen LogP contribution is 2.28. The molecule has 1 aromatic heterocycles. The second-order valence-electron chi connectivity index (χ2n) is 10.8. The number of rotatable bonds is 8. The van der Waals surface area contributed by atoms with E-state index in [-0.39, 0.29) is 12.3 Å². The number of aryl methyl sites for hydroxylation is 1. The summed E-state index contributed by atoms with van der Waals surface area (Å²) in [7, 11) is 0. The highest BCUT2D eigenvalue weighted by atomic mass is 35.5. The third-order valence-electron chi connectivity index (χ3n) is 8.06. The van der Waals surface area contributed by atoms with E-state index in [4.69, 9.17) is 26.7 Å². The largest absolute Gasteiger partial charge is 0.481 e. The van der Waals surface area contributed by atoms with Gasteiger partial charge in [-0.25, -0.2) is 9.97 Å². The third kappa shape index (κ3) is 6.95. The van der Waals surface area contributed by atoms with Crippen LogP contribution in [0.4, 0.5) is 0 Å². The number of amides is 1. The molecule has 0 bridgehead atoms. The predicted molar refractivity (Wildman–Crippen MR) is 154 cm³/mol. The molecule has 206 valence electrons. The molecule has 3 aromatic rings. The van der Waals surface area contributed by atoms with Crippen LogP contribution < -0.4 is 0 Å². The van der Waals surface area contributed by atoms with Crippen molar-refractivity contribution < 1.29 is 14.7 Å². The second-order valence-corrected chi connectivity index (χ2v) is 11.2. The van der Waals surface area contributed by atoms with E-state index in [0.717, 1.165) is 48.4 Å². The van der Waals surface area contributed by atoms with Gasteiger partial charge in [-0.05, 0) is 88.4 Å². The highest BCUT2D eigenvalue weighted by molar-refractivity contribution is 6.30. The molecule has 5 rings (SSSR count). The maximum Gasteiger partial charge on any atom is 0.303 e. The number of likely N-dealkylation sites (tertiary alicyclic amines) is 2. The van der Waals surface area contributed by atoms with Gasteiger partial charge < -0.3 is 14.9 Å². The van der Waals surface area contributed by atoms with E-state index >= 15 is 0 Å². The summed E-state index contributed by atoms with van der Waals surface area (Å²) in [5, 5.41) is 9.66. The van der Waals surface area contributed by atoms with Crippen LogP contribution in [0.2, 0.25) is 5.02 Å². The molecule has 2 aromatic carbocycles. The van der Waals surface area contributed by atoms with Crippen LogP contribution in [0, 0.1) is 0 Å². The number of hydrogen-bond acceptors (Lipinski definition) is 5. The lowest BCUT2D eigenvalue weighted by Crippen LogP contribution is -2.47. The number of carboxylic acid groups (broad SMARTS) is 1. The predicted octanol–water partition coefficient (Wildman–Crippen LogP) is 6.23. The topological polar surface area (TPSA) is 86.6 Å². The van der Waals surface area contributed by atoms with Gasteiger partial charge in [-0.3, -0.25) is 9.59 Å². The van der Waals surface area contributed by atoms with Crippen LogP contribution in [-0.4, -0.2) is 69.0 Å². The zero-order valence-electron chi connectivity index (χ0n) is 22.4. The number of halogens is 1. The van der Waals surface area contributed by atoms with Gasteiger partial charge in [-0.2, -0.15) is 0 Å². The zero-order valence-corrected chi connectivity index (χ0v) is 23.2. The van der Waals surface area contributed by atoms with Crippen LogP contribution in [0.1, 0.15) is 73.8 Å². The number of unbranched alkanes of at least 4 members (excludes halogenated alkanes) is 1. The van der Waals surface area contributed by atoms with Crippen molar-refractivity contribution in [2.24, 2.45) is 0 Å². The molecular formula is C31H37ClN4O3. The van der Waals surface area contributed by atoms with Crippen molar-refractivity contribution in [1.29, 1.82) is 0 Å².